The van der Waals surface area contributed by atoms with Gasteiger partial charge >= 0.3 is 0 Å². The molecule has 1 aliphatic heterocycles. The number of hydrogen-bond donors (Lipinski definition) is 3. The minimum absolute atomic E-state index is 0.155. The first-order valence-electron chi connectivity index (χ1n) is 8.70. The van der Waals surface area contributed by atoms with Gasteiger partial charge in [0.05, 0.1) is 6.04 Å². The summed E-state index contributed by atoms with van der Waals surface area (Å²) in [5.74, 6) is 0.991. The van der Waals surface area contributed by atoms with Crippen LogP contribution in [-0.4, -0.2) is 27.9 Å². The van der Waals surface area contributed by atoms with E-state index in [2.05, 4.69) is 32.3 Å². The van der Waals surface area contributed by atoms with Crippen molar-refractivity contribution in [2.24, 2.45) is 5.92 Å². The van der Waals surface area contributed by atoms with Crippen molar-refractivity contribution in [1.29, 1.82) is 0 Å². The first-order chi connectivity index (χ1) is 12.8. The van der Waals surface area contributed by atoms with Gasteiger partial charge in [-0.25, -0.2) is 19.5 Å². The van der Waals surface area contributed by atoms with Crippen molar-refractivity contribution in [3.05, 3.63) is 78.0 Å². The third kappa shape index (κ3) is 3.65. The number of hydrogen-bond acceptors (Lipinski definition) is 5. The Kier molecular flexibility index (Phi) is 5.01. The summed E-state index contributed by atoms with van der Waals surface area (Å²) in [5.41, 5.74) is 8.67. The van der Waals surface area contributed by atoms with Crippen molar-refractivity contribution in [1.82, 2.24) is 30.9 Å². The summed E-state index contributed by atoms with van der Waals surface area (Å²) in [6.07, 6.45) is 5.41. The van der Waals surface area contributed by atoms with Crippen molar-refractivity contribution in [2.75, 3.05) is 13.1 Å². The summed E-state index contributed by atoms with van der Waals surface area (Å²) in [5, 5.41) is 7.79. The fourth-order valence-corrected chi connectivity index (χ4v) is 3.31. The zero-order chi connectivity index (χ0) is 17.8. The maximum absolute atomic E-state index is 13.2. The summed E-state index contributed by atoms with van der Waals surface area (Å²) in [4.78, 5) is 4.44. The van der Waals surface area contributed by atoms with Gasteiger partial charge < -0.3 is 5.32 Å². The van der Waals surface area contributed by atoms with Crippen molar-refractivity contribution >= 4 is 0 Å². The van der Waals surface area contributed by atoms with E-state index in [1.165, 1.54) is 12.1 Å². The van der Waals surface area contributed by atoms with Crippen LogP contribution in [0.15, 0.2) is 61.1 Å². The van der Waals surface area contributed by atoms with Gasteiger partial charge in [-0.15, -0.1) is 0 Å². The largest absolute Gasteiger partial charge is 0.312 e. The Bertz CT molecular complexity index is 834. The van der Waals surface area contributed by atoms with Crippen LogP contribution < -0.4 is 16.2 Å². The maximum atomic E-state index is 13.2. The highest BCUT2D eigenvalue weighted by Gasteiger charge is 2.27. The standard InChI is InChI=1S/C19H21FN6/c20-17-6-4-14(5-7-17)18-16(13-23-25-18)12-21-11-15-3-1-8-22-19(15)26-10-2-9-24-26/h1-10,16,18,21,23,25H,11-13H2. The highest BCUT2D eigenvalue weighted by atomic mass is 19.1. The van der Waals surface area contributed by atoms with Crippen molar-refractivity contribution in [3.63, 3.8) is 0 Å². The summed E-state index contributed by atoms with van der Waals surface area (Å²) in [6.45, 7) is 2.39. The molecule has 1 fully saturated rings. The molecular weight excluding hydrogens is 331 g/mol. The number of halogens is 1. The SMILES string of the molecule is Fc1ccc(C2NNCC2CNCc2cccnc2-n2cccn2)cc1. The Morgan fingerprint density at radius 3 is 2.85 bits per heavy atom. The number of nitrogens with one attached hydrogen (secondary N) is 3. The highest BCUT2D eigenvalue weighted by molar-refractivity contribution is 5.32. The van der Waals surface area contributed by atoms with Gasteiger partial charge in [0.15, 0.2) is 5.82 Å². The lowest BCUT2D eigenvalue weighted by Crippen LogP contribution is -2.29. The number of aromatic nitrogens is 3. The van der Waals surface area contributed by atoms with E-state index in [-0.39, 0.29) is 11.9 Å². The summed E-state index contributed by atoms with van der Waals surface area (Å²) in [6, 6.07) is 12.7. The molecule has 3 heterocycles. The van der Waals surface area contributed by atoms with Gasteiger partial charge in [0, 0.05) is 49.7 Å². The van der Waals surface area contributed by atoms with Crippen LogP contribution in [0, 0.1) is 11.7 Å². The molecule has 0 spiro atoms. The summed E-state index contributed by atoms with van der Waals surface area (Å²) in [7, 11) is 0. The number of rotatable bonds is 6. The van der Waals surface area contributed by atoms with E-state index in [4.69, 9.17) is 0 Å². The monoisotopic (exact) mass is 352 g/mol. The molecule has 4 rings (SSSR count). The zero-order valence-electron chi connectivity index (χ0n) is 14.3. The Balaban J connectivity index is 1.40. The third-order valence-corrected chi connectivity index (χ3v) is 4.63. The molecule has 134 valence electrons. The molecule has 2 aromatic heterocycles. The minimum atomic E-state index is -0.211. The van der Waals surface area contributed by atoms with Gasteiger partial charge in [-0.05, 0) is 29.8 Å². The quantitative estimate of drug-likeness (QED) is 0.633. The lowest BCUT2D eigenvalue weighted by molar-refractivity contribution is 0.440. The predicted molar refractivity (Wildman–Crippen MR) is 96.8 cm³/mol. The molecular formula is C19H21FN6. The lowest BCUT2D eigenvalue weighted by atomic mass is 9.95. The Morgan fingerprint density at radius 1 is 1.15 bits per heavy atom. The van der Waals surface area contributed by atoms with Gasteiger partial charge in [0.1, 0.15) is 5.82 Å². The molecule has 6 nitrogen and oxygen atoms in total. The molecule has 2 unspecified atom stereocenters. The molecule has 26 heavy (non-hydrogen) atoms. The molecule has 1 aliphatic rings. The average Bonchev–Trinajstić information content (AvgIpc) is 3.35. The smallest absolute Gasteiger partial charge is 0.157 e. The Labute approximate surface area is 151 Å². The van der Waals surface area contributed by atoms with Crippen LogP contribution in [0.5, 0.6) is 0 Å². The fourth-order valence-electron chi connectivity index (χ4n) is 3.31. The van der Waals surface area contributed by atoms with E-state index in [9.17, 15) is 4.39 Å². The van der Waals surface area contributed by atoms with Crippen LogP contribution in [0.25, 0.3) is 5.82 Å². The molecule has 0 saturated carbocycles. The Hall–Kier alpha value is -2.61. The van der Waals surface area contributed by atoms with Gasteiger partial charge in [-0.2, -0.15) is 5.10 Å². The van der Waals surface area contributed by atoms with Crippen LogP contribution in [0.3, 0.4) is 0 Å². The molecule has 3 aromatic rings. The molecule has 2 atom stereocenters. The number of benzene rings is 1. The zero-order valence-corrected chi connectivity index (χ0v) is 14.3. The lowest BCUT2D eigenvalue weighted by Gasteiger charge is -2.19. The molecule has 3 N–H and O–H groups in total. The van der Waals surface area contributed by atoms with Crippen LogP contribution in [0.4, 0.5) is 4.39 Å². The van der Waals surface area contributed by atoms with E-state index in [0.29, 0.717) is 12.5 Å². The van der Waals surface area contributed by atoms with Crippen molar-refractivity contribution in [2.45, 2.75) is 12.6 Å². The second-order valence-corrected chi connectivity index (χ2v) is 6.38. The van der Waals surface area contributed by atoms with E-state index >= 15 is 0 Å². The third-order valence-electron chi connectivity index (χ3n) is 4.63. The molecule has 0 amide bonds. The van der Waals surface area contributed by atoms with Gasteiger partial charge in [0.25, 0.3) is 0 Å². The number of hydrazine groups is 1. The molecule has 1 saturated heterocycles. The van der Waals surface area contributed by atoms with Crippen LogP contribution >= 0.6 is 0 Å². The summed E-state index contributed by atoms with van der Waals surface area (Å²) >= 11 is 0. The second-order valence-electron chi connectivity index (χ2n) is 6.38. The van der Waals surface area contributed by atoms with E-state index in [1.54, 1.807) is 17.1 Å². The van der Waals surface area contributed by atoms with Gasteiger partial charge in [-0.3, -0.25) is 5.43 Å². The van der Waals surface area contributed by atoms with Crippen LogP contribution in [0.1, 0.15) is 17.2 Å². The van der Waals surface area contributed by atoms with Crippen molar-refractivity contribution in [3.8, 4) is 5.82 Å². The van der Waals surface area contributed by atoms with E-state index < -0.39 is 0 Å². The highest BCUT2D eigenvalue weighted by Crippen LogP contribution is 2.24. The number of nitrogens with zero attached hydrogens (tertiary/aromatic N) is 3. The molecule has 7 heteroatoms. The van der Waals surface area contributed by atoms with Crippen LogP contribution in [-0.2, 0) is 6.54 Å². The average molecular weight is 352 g/mol. The predicted octanol–water partition coefficient (Wildman–Crippen LogP) is 1.96. The molecule has 0 aliphatic carbocycles. The molecule has 0 bridgehead atoms. The van der Waals surface area contributed by atoms with Gasteiger partial charge in [0.2, 0.25) is 0 Å². The topological polar surface area (TPSA) is 66.8 Å². The second kappa shape index (κ2) is 7.74. The number of pyridine rings is 1. The van der Waals surface area contributed by atoms with Gasteiger partial charge in [-0.1, -0.05) is 18.2 Å². The first kappa shape index (κ1) is 16.8. The van der Waals surface area contributed by atoms with Crippen LogP contribution in [0.2, 0.25) is 0 Å². The fraction of sp³-hybridized carbons (Fsp3) is 0.263. The Morgan fingerprint density at radius 2 is 2.04 bits per heavy atom. The molecule has 0 radical (unpaired) electrons. The minimum Gasteiger partial charge on any atom is -0.312 e. The van der Waals surface area contributed by atoms with E-state index in [1.807, 2.05) is 30.5 Å². The normalized spacial score (nSPS) is 19.7. The summed E-state index contributed by atoms with van der Waals surface area (Å²) < 4.78 is 14.9. The first-order valence-corrected chi connectivity index (χ1v) is 8.70. The van der Waals surface area contributed by atoms with Crippen molar-refractivity contribution < 1.29 is 4.39 Å². The maximum Gasteiger partial charge on any atom is 0.157 e. The molecule has 1 aromatic carbocycles. The van der Waals surface area contributed by atoms with E-state index in [0.717, 1.165) is 30.0 Å².